The van der Waals surface area contributed by atoms with Crippen molar-refractivity contribution in [1.82, 2.24) is 0 Å². The second kappa shape index (κ2) is 5.37. The van der Waals surface area contributed by atoms with Crippen LogP contribution in [0.4, 0.5) is 13.2 Å². The van der Waals surface area contributed by atoms with Gasteiger partial charge in [0.2, 0.25) is 0 Å². The van der Waals surface area contributed by atoms with Gasteiger partial charge >= 0.3 is 5.51 Å². The van der Waals surface area contributed by atoms with Crippen molar-refractivity contribution in [3.63, 3.8) is 0 Å². The van der Waals surface area contributed by atoms with Crippen LogP contribution in [-0.4, -0.2) is 20.0 Å². The molecule has 0 saturated carbocycles. The molecule has 1 aromatic rings. The molecule has 20 heavy (non-hydrogen) atoms. The summed E-state index contributed by atoms with van der Waals surface area (Å²) in [6, 6.07) is 4.49. The number of nitrogens with two attached hydrogens (primary N) is 1. The summed E-state index contributed by atoms with van der Waals surface area (Å²) in [7, 11) is -5.28. The SMILES string of the molecule is CC(C)(C)C(N)Cc1ccc(S(=O)(=O)C(F)(F)F)cc1. The summed E-state index contributed by atoms with van der Waals surface area (Å²) in [5.41, 5.74) is 1.26. The van der Waals surface area contributed by atoms with Crippen molar-refractivity contribution >= 4 is 9.84 Å². The van der Waals surface area contributed by atoms with Crippen LogP contribution < -0.4 is 5.73 Å². The van der Waals surface area contributed by atoms with Gasteiger partial charge < -0.3 is 5.73 Å². The first-order chi connectivity index (χ1) is 8.85. The number of benzene rings is 1. The molecule has 7 heteroatoms. The highest BCUT2D eigenvalue weighted by Crippen LogP contribution is 2.30. The maximum absolute atomic E-state index is 12.4. The average Bonchev–Trinajstić information content (AvgIpc) is 2.26. The fourth-order valence-corrected chi connectivity index (χ4v) is 2.26. The Bertz CT molecular complexity index is 557. The second-order valence-electron chi connectivity index (χ2n) is 5.77. The maximum atomic E-state index is 12.4. The van der Waals surface area contributed by atoms with Crippen LogP contribution in [0, 0.1) is 5.41 Å². The first-order valence-electron chi connectivity index (χ1n) is 6.01. The Morgan fingerprint density at radius 1 is 1.10 bits per heavy atom. The van der Waals surface area contributed by atoms with E-state index in [1.807, 2.05) is 20.8 Å². The van der Waals surface area contributed by atoms with Crippen LogP contribution in [0.2, 0.25) is 0 Å². The predicted octanol–water partition coefficient (Wildman–Crippen LogP) is 2.90. The van der Waals surface area contributed by atoms with Crippen molar-refractivity contribution in [2.24, 2.45) is 11.1 Å². The Balaban J connectivity index is 2.97. The maximum Gasteiger partial charge on any atom is 0.501 e. The average molecular weight is 309 g/mol. The lowest BCUT2D eigenvalue weighted by molar-refractivity contribution is -0.0436. The third-order valence-corrected chi connectivity index (χ3v) is 4.61. The zero-order chi connectivity index (χ0) is 15.8. The van der Waals surface area contributed by atoms with E-state index in [0.717, 1.165) is 12.1 Å². The first kappa shape index (κ1) is 17.0. The van der Waals surface area contributed by atoms with Gasteiger partial charge in [-0.25, -0.2) is 8.42 Å². The molecular weight excluding hydrogens is 291 g/mol. The molecule has 0 aromatic heterocycles. The van der Waals surface area contributed by atoms with E-state index in [0.29, 0.717) is 12.0 Å². The van der Waals surface area contributed by atoms with E-state index in [1.165, 1.54) is 12.1 Å². The van der Waals surface area contributed by atoms with Crippen molar-refractivity contribution in [2.45, 2.75) is 43.6 Å². The van der Waals surface area contributed by atoms with E-state index >= 15 is 0 Å². The van der Waals surface area contributed by atoms with E-state index in [1.54, 1.807) is 0 Å². The van der Waals surface area contributed by atoms with Crippen molar-refractivity contribution in [1.29, 1.82) is 0 Å². The van der Waals surface area contributed by atoms with Crippen LogP contribution in [0.5, 0.6) is 0 Å². The van der Waals surface area contributed by atoms with Gasteiger partial charge in [0, 0.05) is 6.04 Å². The Morgan fingerprint density at radius 2 is 1.55 bits per heavy atom. The van der Waals surface area contributed by atoms with Gasteiger partial charge in [-0.05, 0) is 29.5 Å². The third-order valence-electron chi connectivity index (χ3n) is 3.11. The molecule has 0 fully saturated rings. The zero-order valence-corrected chi connectivity index (χ0v) is 12.3. The molecule has 0 aliphatic rings. The minimum Gasteiger partial charge on any atom is -0.327 e. The zero-order valence-electron chi connectivity index (χ0n) is 11.5. The van der Waals surface area contributed by atoms with Crippen molar-refractivity contribution in [2.75, 3.05) is 0 Å². The Kier molecular flexibility index (Phi) is 4.55. The van der Waals surface area contributed by atoms with Gasteiger partial charge in [-0.15, -0.1) is 0 Å². The summed E-state index contributed by atoms with van der Waals surface area (Å²) in [6.45, 7) is 5.88. The number of halogens is 3. The number of alkyl halides is 3. The summed E-state index contributed by atoms with van der Waals surface area (Å²) < 4.78 is 59.5. The summed E-state index contributed by atoms with van der Waals surface area (Å²) in [4.78, 5) is -0.752. The fourth-order valence-electron chi connectivity index (χ4n) is 1.50. The van der Waals surface area contributed by atoms with Gasteiger partial charge in [-0.1, -0.05) is 32.9 Å². The lowest BCUT2D eigenvalue weighted by Gasteiger charge is -2.27. The van der Waals surface area contributed by atoms with Gasteiger partial charge in [0.15, 0.2) is 0 Å². The fraction of sp³-hybridized carbons (Fsp3) is 0.538. The minimum atomic E-state index is -5.28. The van der Waals surface area contributed by atoms with Crippen LogP contribution in [0.25, 0.3) is 0 Å². The molecule has 1 rings (SSSR count). The van der Waals surface area contributed by atoms with Crippen molar-refractivity contribution in [3.8, 4) is 0 Å². The standard InChI is InChI=1S/C13H18F3NO2S/c1-12(2,3)11(17)8-9-4-6-10(7-5-9)20(18,19)13(14,15)16/h4-7,11H,8,17H2,1-3H3. The molecule has 2 N–H and O–H groups in total. The minimum absolute atomic E-state index is 0.142. The molecule has 0 aliphatic carbocycles. The molecular formula is C13H18F3NO2S. The van der Waals surface area contributed by atoms with Crippen molar-refractivity contribution in [3.05, 3.63) is 29.8 Å². The Morgan fingerprint density at radius 3 is 1.90 bits per heavy atom. The van der Waals surface area contributed by atoms with Gasteiger partial charge in [0.25, 0.3) is 9.84 Å². The molecule has 0 aliphatic heterocycles. The van der Waals surface area contributed by atoms with E-state index < -0.39 is 20.2 Å². The Hall–Kier alpha value is -1.08. The molecule has 3 nitrogen and oxygen atoms in total. The first-order valence-corrected chi connectivity index (χ1v) is 7.50. The molecule has 114 valence electrons. The summed E-state index contributed by atoms with van der Waals surface area (Å²) in [5, 5.41) is 0. The molecule has 0 spiro atoms. The van der Waals surface area contributed by atoms with Crippen LogP contribution >= 0.6 is 0 Å². The molecule has 0 radical (unpaired) electrons. The topological polar surface area (TPSA) is 60.2 Å². The van der Waals surface area contributed by atoms with E-state index in [9.17, 15) is 21.6 Å². The summed E-state index contributed by atoms with van der Waals surface area (Å²) >= 11 is 0. The van der Waals surface area contributed by atoms with Crippen LogP contribution in [0.1, 0.15) is 26.3 Å². The highest BCUT2D eigenvalue weighted by atomic mass is 32.2. The highest BCUT2D eigenvalue weighted by Gasteiger charge is 2.46. The monoisotopic (exact) mass is 309 g/mol. The summed E-state index contributed by atoms with van der Waals surface area (Å²) in [6.07, 6.45) is 0.468. The van der Waals surface area contributed by atoms with Gasteiger partial charge in [-0.3, -0.25) is 0 Å². The van der Waals surface area contributed by atoms with Crippen LogP contribution in [0.3, 0.4) is 0 Å². The Labute approximate surface area is 116 Å². The van der Waals surface area contributed by atoms with Crippen LogP contribution in [-0.2, 0) is 16.3 Å². The molecule has 0 saturated heterocycles. The van der Waals surface area contributed by atoms with E-state index in [-0.39, 0.29) is 11.5 Å². The molecule has 1 aromatic carbocycles. The lowest BCUT2D eigenvalue weighted by atomic mass is 9.84. The predicted molar refractivity (Wildman–Crippen MR) is 70.8 cm³/mol. The molecule has 0 heterocycles. The molecule has 1 atom stereocenters. The lowest BCUT2D eigenvalue weighted by Crippen LogP contribution is -2.36. The third kappa shape index (κ3) is 3.73. The van der Waals surface area contributed by atoms with Gasteiger partial charge in [0.05, 0.1) is 4.90 Å². The smallest absolute Gasteiger partial charge is 0.327 e. The molecule has 1 unspecified atom stereocenters. The number of sulfone groups is 1. The molecule has 0 amide bonds. The van der Waals surface area contributed by atoms with Crippen LogP contribution in [0.15, 0.2) is 29.2 Å². The molecule has 0 bridgehead atoms. The second-order valence-corrected chi connectivity index (χ2v) is 7.71. The van der Waals surface area contributed by atoms with Gasteiger partial charge in [-0.2, -0.15) is 13.2 Å². The van der Waals surface area contributed by atoms with Crippen molar-refractivity contribution < 1.29 is 21.6 Å². The number of rotatable bonds is 3. The highest BCUT2D eigenvalue weighted by molar-refractivity contribution is 7.92. The van der Waals surface area contributed by atoms with E-state index in [2.05, 4.69) is 0 Å². The summed E-state index contributed by atoms with van der Waals surface area (Å²) in [5.74, 6) is 0. The quantitative estimate of drug-likeness (QED) is 0.934. The van der Waals surface area contributed by atoms with E-state index in [4.69, 9.17) is 5.73 Å². The van der Waals surface area contributed by atoms with Gasteiger partial charge in [0.1, 0.15) is 0 Å². The normalized spacial score (nSPS) is 15.2. The number of hydrogen-bond donors (Lipinski definition) is 1. The largest absolute Gasteiger partial charge is 0.501 e. The number of hydrogen-bond acceptors (Lipinski definition) is 3.